The number of nitrogens with one attached hydrogen (secondary N) is 1. The summed E-state index contributed by atoms with van der Waals surface area (Å²) in [7, 11) is 0. The highest BCUT2D eigenvalue weighted by Gasteiger charge is 2.26. The summed E-state index contributed by atoms with van der Waals surface area (Å²) in [4.78, 5) is 25.7. The Bertz CT molecular complexity index is 474. The SMILES string of the molecule is O=C(NCCCC(F)(F)F)c1ccnc(C(=O)O)c1. The fourth-order valence-electron chi connectivity index (χ4n) is 1.28. The standard InChI is InChI=1S/C11H11F3N2O3/c12-11(13,14)3-1-4-16-9(17)7-2-5-15-8(6-7)10(18)19/h2,5-6H,1,3-4H2,(H,16,17)(H,18,19). The third-order valence-electron chi connectivity index (χ3n) is 2.16. The van der Waals surface area contributed by atoms with Crippen molar-refractivity contribution < 1.29 is 27.9 Å². The molecule has 0 saturated heterocycles. The van der Waals surface area contributed by atoms with Crippen LogP contribution >= 0.6 is 0 Å². The summed E-state index contributed by atoms with van der Waals surface area (Å²) in [5, 5.41) is 11.0. The van der Waals surface area contributed by atoms with Crippen LogP contribution in [0.5, 0.6) is 0 Å². The number of nitrogens with zero attached hydrogens (tertiary/aromatic N) is 1. The maximum Gasteiger partial charge on any atom is 0.389 e. The van der Waals surface area contributed by atoms with Gasteiger partial charge in [0.25, 0.3) is 5.91 Å². The van der Waals surface area contributed by atoms with Crippen LogP contribution in [0.1, 0.15) is 33.7 Å². The molecule has 0 radical (unpaired) electrons. The summed E-state index contributed by atoms with van der Waals surface area (Å²) in [5.74, 6) is -1.92. The number of carboxylic acids is 1. The Morgan fingerprint density at radius 1 is 1.37 bits per heavy atom. The van der Waals surface area contributed by atoms with Crippen LogP contribution < -0.4 is 5.32 Å². The molecule has 1 aromatic heterocycles. The molecule has 0 fully saturated rings. The van der Waals surface area contributed by atoms with Crippen LogP contribution in [0, 0.1) is 0 Å². The summed E-state index contributed by atoms with van der Waals surface area (Å²) in [6, 6.07) is 2.34. The topological polar surface area (TPSA) is 79.3 Å². The van der Waals surface area contributed by atoms with E-state index in [1.54, 1.807) is 0 Å². The molecule has 1 amide bonds. The van der Waals surface area contributed by atoms with Gasteiger partial charge in [0.05, 0.1) is 0 Å². The third kappa shape index (κ3) is 5.36. The van der Waals surface area contributed by atoms with Gasteiger partial charge in [-0.15, -0.1) is 0 Å². The summed E-state index contributed by atoms with van der Waals surface area (Å²) in [6.07, 6.45) is -4.32. The molecule has 2 N–H and O–H groups in total. The smallest absolute Gasteiger partial charge is 0.389 e. The fraction of sp³-hybridized carbons (Fsp3) is 0.364. The van der Waals surface area contributed by atoms with Gasteiger partial charge in [0, 0.05) is 24.7 Å². The highest BCUT2D eigenvalue weighted by Crippen LogP contribution is 2.20. The molecule has 0 bridgehead atoms. The second kappa shape index (κ2) is 6.17. The second-order valence-electron chi connectivity index (χ2n) is 3.71. The van der Waals surface area contributed by atoms with E-state index in [2.05, 4.69) is 10.3 Å². The number of carboxylic acid groups (broad SMARTS) is 1. The molecule has 1 rings (SSSR count). The molecular formula is C11H11F3N2O3. The molecule has 0 aromatic carbocycles. The Morgan fingerprint density at radius 3 is 2.63 bits per heavy atom. The molecular weight excluding hydrogens is 265 g/mol. The lowest BCUT2D eigenvalue weighted by Crippen LogP contribution is -2.25. The monoisotopic (exact) mass is 276 g/mol. The van der Waals surface area contributed by atoms with Crippen LogP contribution in [0.2, 0.25) is 0 Å². The second-order valence-corrected chi connectivity index (χ2v) is 3.71. The van der Waals surface area contributed by atoms with E-state index in [9.17, 15) is 22.8 Å². The summed E-state index contributed by atoms with van der Waals surface area (Å²) >= 11 is 0. The number of hydrogen-bond donors (Lipinski definition) is 2. The number of aromatic carboxylic acids is 1. The van der Waals surface area contributed by atoms with E-state index < -0.39 is 24.5 Å². The van der Waals surface area contributed by atoms with E-state index in [0.717, 1.165) is 12.3 Å². The highest BCUT2D eigenvalue weighted by atomic mass is 19.4. The van der Waals surface area contributed by atoms with Crippen molar-refractivity contribution in [2.24, 2.45) is 0 Å². The van der Waals surface area contributed by atoms with Gasteiger partial charge in [-0.05, 0) is 18.6 Å². The number of rotatable bonds is 5. The van der Waals surface area contributed by atoms with Crippen LogP contribution in [-0.2, 0) is 0 Å². The molecule has 0 saturated carbocycles. The first kappa shape index (κ1) is 14.9. The van der Waals surface area contributed by atoms with Gasteiger partial charge >= 0.3 is 12.1 Å². The van der Waals surface area contributed by atoms with Crippen LogP contribution in [0.4, 0.5) is 13.2 Å². The Kier molecular flexibility index (Phi) is 4.85. The van der Waals surface area contributed by atoms with Gasteiger partial charge in [0.2, 0.25) is 0 Å². The van der Waals surface area contributed by atoms with E-state index in [1.165, 1.54) is 6.07 Å². The van der Waals surface area contributed by atoms with Crippen molar-refractivity contribution in [3.8, 4) is 0 Å². The van der Waals surface area contributed by atoms with Gasteiger partial charge in [-0.25, -0.2) is 9.78 Å². The lowest BCUT2D eigenvalue weighted by atomic mass is 10.2. The van der Waals surface area contributed by atoms with Crippen LogP contribution in [0.25, 0.3) is 0 Å². The van der Waals surface area contributed by atoms with Gasteiger partial charge in [0.15, 0.2) is 0 Å². The predicted molar refractivity (Wildman–Crippen MR) is 58.8 cm³/mol. The Labute approximate surface area is 106 Å². The zero-order valence-corrected chi connectivity index (χ0v) is 9.70. The van der Waals surface area contributed by atoms with Gasteiger partial charge in [-0.2, -0.15) is 13.2 Å². The minimum absolute atomic E-state index is 0.0411. The van der Waals surface area contributed by atoms with Crippen molar-refractivity contribution in [1.82, 2.24) is 10.3 Å². The summed E-state index contributed by atoms with van der Waals surface area (Å²) in [6.45, 7) is -0.136. The van der Waals surface area contributed by atoms with Gasteiger partial charge in [-0.1, -0.05) is 0 Å². The largest absolute Gasteiger partial charge is 0.477 e. The molecule has 104 valence electrons. The Balaban J connectivity index is 2.50. The van der Waals surface area contributed by atoms with Gasteiger partial charge in [0.1, 0.15) is 5.69 Å². The number of carbonyl (C=O) groups is 2. The lowest BCUT2D eigenvalue weighted by molar-refractivity contribution is -0.135. The van der Waals surface area contributed by atoms with E-state index in [-0.39, 0.29) is 24.2 Å². The number of alkyl halides is 3. The summed E-state index contributed by atoms with van der Waals surface area (Å²) in [5.41, 5.74) is -0.262. The third-order valence-corrected chi connectivity index (χ3v) is 2.16. The van der Waals surface area contributed by atoms with Crippen molar-refractivity contribution in [2.45, 2.75) is 19.0 Å². The van der Waals surface area contributed by atoms with E-state index in [1.807, 2.05) is 0 Å². The van der Waals surface area contributed by atoms with Crippen LogP contribution in [-0.4, -0.2) is 34.7 Å². The molecule has 0 aliphatic carbocycles. The molecule has 0 aliphatic heterocycles. The zero-order chi connectivity index (χ0) is 14.5. The molecule has 0 unspecified atom stereocenters. The fourth-order valence-corrected chi connectivity index (χ4v) is 1.28. The quantitative estimate of drug-likeness (QED) is 0.804. The first-order valence-electron chi connectivity index (χ1n) is 5.34. The minimum atomic E-state index is -4.25. The average Bonchev–Trinajstić information content (AvgIpc) is 2.33. The van der Waals surface area contributed by atoms with Gasteiger partial charge in [-0.3, -0.25) is 4.79 Å². The molecule has 8 heteroatoms. The van der Waals surface area contributed by atoms with Crippen molar-refractivity contribution in [3.05, 3.63) is 29.6 Å². The number of hydrogen-bond acceptors (Lipinski definition) is 3. The van der Waals surface area contributed by atoms with Gasteiger partial charge < -0.3 is 10.4 Å². The Hall–Kier alpha value is -2.12. The first-order chi connectivity index (χ1) is 8.79. The van der Waals surface area contributed by atoms with E-state index >= 15 is 0 Å². The zero-order valence-electron chi connectivity index (χ0n) is 9.70. The number of amides is 1. The van der Waals surface area contributed by atoms with Crippen LogP contribution in [0.3, 0.4) is 0 Å². The van der Waals surface area contributed by atoms with Crippen molar-refractivity contribution in [1.29, 1.82) is 0 Å². The predicted octanol–water partition coefficient (Wildman–Crippen LogP) is 1.85. The lowest BCUT2D eigenvalue weighted by Gasteiger charge is -2.07. The van der Waals surface area contributed by atoms with Crippen molar-refractivity contribution >= 4 is 11.9 Å². The van der Waals surface area contributed by atoms with E-state index in [4.69, 9.17) is 5.11 Å². The maximum atomic E-state index is 11.9. The maximum absolute atomic E-state index is 11.9. The number of aromatic nitrogens is 1. The van der Waals surface area contributed by atoms with Crippen LogP contribution in [0.15, 0.2) is 18.3 Å². The number of carbonyl (C=O) groups excluding carboxylic acids is 1. The minimum Gasteiger partial charge on any atom is -0.477 e. The highest BCUT2D eigenvalue weighted by molar-refractivity contribution is 5.96. The molecule has 0 atom stereocenters. The average molecular weight is 276 g/mol. The van der Waals surface area contributed by atoms with Crippen molar-refractivity contribution in [3.63, 3.8) is 0 Å². The Morgan fingerprint density at radius 2 is 2.05 bits per heavy atom. The molecule has 0 aliphatic rings. The molecule has 5 nitrogen and oxygen atoms in total. The molecule has 0 spiro atoms. The van der Waals surface area contributed by atoms with E-state index in [0.29, 0.717) is 0 Å². The van der Waals surface area contributed by atoms with Crippen molar-refractivity contribution in [2.75, 3.05) is 6.54 Å². The molecule has 1 heterocycles. The number of halogens is 3. The summed E-state index contributed by atoms with van der Waals surface area (Å²) < 4.78 is 35.6. The first-order valence-corrected chi connectivity index (χ1v) is 5.34. The molecule has 19 heavy (non-hydrogen) atoms. The normalized spacial score (nSPS) is 11.1. The number of pyridine rings is 1. The molecule has 1 aromatic rings.